The number of amidine groups is 1. The summed E-state index contributed by atoms with van der Waals surface area (Å²) in [6, 6.07) is 10.2. The predicted octanol–water partition coefficient (Wildman–Crippen LogP) is 2.79. The fraction of sp³-hybridized carbons (Fsp3) is 0.222. The number of hydrogen-bond acceptors (Lipinski definition) is 4. The summed E-state index contributed by atoms with van der Waals surface area (Å²) >= 11 is 5.92. The van der Waals surface area contributed by atoms with Crippen LogP contribution in [0.3, 0.4) is 0 Å². The standard InChI is InChI=1S/C9H10N2S2/c1-7-10-13-9(12)11(7)8-5-3-2-4-6-8/h2-6,9,12H,1H3. The SMILES string of the molecule is CC1=NSC(S)N1c1ccccc1. The number of benzene rings is 1. The molecule has 13 heavy (non-hydrogen) atoms. The molecule has 2 rings (SSSR count). The molecular formula is C9H10N2S2. The number of anilines is 1. The summed E-state index contributed by atoms with van der Waals surface area (Å²) in [6.07, 6.45) is 0. The zero-order valence-corrected chi connectivity index (χ0v) is 8.92. The molecule has 68 valence electrons. The minimum atomic E-state index is 0.113. The van der Waals surface area contributed by atoms with E-state index in [1.165, 1.54) is 11.9 Å². The normalized spacial score (nSPS) is 21.8. The lowest BCUT2D eigenvalue weighted by Gasteiger charge is -2.21. The lowest BCUT2D eigenvalue weighted by Crippen LogP contribution is -2.28. The largest absolute Gasteiger partial charge is 0.306 e. The van der Waals surface area contributed by atoms with E-state index in [1.807, 2.05) is 25.1 Å². The first-order chi connectivity index (χ1) is 6.29. The highest BCUT2D eigenvalue weighted by Crippen LogP contribution is 2.32. The first-order valence-corrected chi connectivity index (χ1v) is 5.37. The van der Waals surface area contributed by atoms with Gasteiger partial charge in [-0.05, 0) is 19.1 Å². The average molecular weight is 210 g/mol. The molecule has 1 unspecified atom stereocenters. The lowest BCUT2D eigenvalue weighted by molar-refractivity contribution is 1.19. The smallest absolute Gasteiger partial charge is 0.146 e. The highest BCUT2D eigenvalue weighted by molar-refractivity contribution is 8.10. The monoisotopic (exact) mass is 210 g/mol. The molecule has 1 aromatic rings. The van der Waals surface area contributed by atoms with Crippen LogP contribution < -0.4 is 4.90 Å². The van der Waals surface area contributed by atoms with Crippen molar-refractivity contribution in [3.8, 4) is 0 Å². The van der Waals surface area contributed by atoms with Crippen LogP contribution in [0.25, 0.3) is 0 Å². The van der Waals surface area contributed by atoms with E-state index in [1.54, 1.807) is 0 Å². The van der Waals surface area contributed by atoms with Crippen LogP contribution in [0.5, 0.6) is 0 Å². The van der Waals surface area contributed by atoms with Gasteiger partial charge in [0.2, 0.25) is 0 Å². The van der Waals surface area contributed by atoms with Gasteiger partial charge < -0.3 is 4.90 Å². The second-order valence-corrected chi connectivity index (χ2v) is 4.45. The first-order valence-electron chi connectivity index (χ1n) is 4.02. The molecular weight excluding hydrogens is 200 g/mol. The topological polar surface area (TPSA) is 15.6 Å². The molecule has 0 aliphatic carbocycles. The van der Waals surface area contributed by atoms with Crippen LogP contribution in [-0.2, 0) is 0 Å². The Hall–Kier alpha value is -0.610. The zero-order chi connectivity index (χ0) is 9.26. The third kappa shape index (κ3) is 1.69. The number of rotatable bonds is 1. The molecule has 0 bridgehead atoms. The third-order valence-corrected chi connectivity index (χ3v) is 3.17. The summed E-state index contributed by atoms with van der Waals surface area (Å²) in [5.74, 6) is 1.01. The van der Waals surface area contributed by atoms with Gasteiger partial charge in [0.1, 0.15) is 10.5 Å². The Bertz CT molecular complexity index is 324. The molecule has 0 fully saturated rings. The highest BCUT2D eigenvalue weighted by atomic mass is 32.2. The Balaban J connectivity index is 2.31. The molecule has 1 heterocycles. The third-order valence-electron chi connectivity index (χ3n) is 1.88. The van der Waals surface area contributed by atoms with Gasteiger partial charge in [0.25, 0.3) is 0 Å². The molecule has 4 heteroatoms. The quantitative estimate of drug-likeness (QED) is 0.566. The summed E-state index contributed by atoms with van der Waals surface area (Å²) < 4.78 is 4.37. The predicted molar refractivity (Wildman–Crippen MR) is 62.4 cm³/mol. The summed E-state index contributed by atoms with van der Waals surface area (Å²) in [5.41, 5.74) is 1.15. The van der Waals surface area contributed by atoms with Crippen LogP contribution >= 0.6 is 24.6 Å². The molecule has 0 saturated carbocycles. The Labute approximate surface area is 87.6 Å². The van der Waals surface area contributed by atoms with Crippen molar-refractivity contribution in [2.45, 2.75) is 11.6 Å². The van der Waals surface area contributed by atoms with Crippen LogP contribution in [-0.4, -0.2) is 10.5 Å². The number of nitrogens with zero attached hydrogens (tertiary/aromatic N) is 2. The van der Waals surface area contributed by atoms with Crippen LogP contribution in [0.2, 0.25) is 0 Å². The fourth-order valence-corrected chi connectivity index (χ4v) is 2.42. The van der Waals surface area contributed by atoms with Crippen molar-refractivity contribution in [2.75, 3.05) is 4.90 Å². The van der Waals surface area contributed by atoms with E-state index in [2.05, 4.69) is 34.1 Å². The van der Waals surface area contributed by atoms with Gasteiger partial charge in [-0.2, -0.15) is 0 Å². The van der Waals surface area contributed by atoms with E-state index < -0.39 is 0 Å². The van der Waals surface area contributed by atoms with E-state index in [0.717, 1.165) is 11.5 Å². The van der Waals surface area contributed by atoms with Crippen molar-refractivity contribution in [3.63, 3.8) is 0 Å². The molecule has 0 saturated heterocycles. The maximum atomic E-state index is 4.43. The van der Waals surface area contributed by atoms with Crippen molar-refractivity contribution >= 4 is 36.1 Å². The molecule has 2 nitrogen and oxygen atoms in total. The zero-order valence-electron chi connectivity index (χ0n) is 7.21. The molecule has 0 radical (unpaired) electrons. The van der Waals surface area contributed by atoms with Crippen molar-refractivity contribution in [1.29, 1.82) is 0 Å². The number of para-hydroxylation sites is 1. The number of hydrogen-bond donors (Lipinski definition) is 1. The van der Waals surface area contributed by atoms with Gasteiger partial charge in [-0.1, -0.05) is 18.2 Å². The molecule has 0 N–H and O–H groups in total. The average Bonchev–Trinajstić information content (AvgIpc) is 2.48. The van der Waals surface area contributed by atoms with Gasteiger partial charge in [0, 0.05) is 17.6 Å². The minimum Gasteiger partial charge on any atom is -0.306 e. The Morgan fingerprint density at radius 3 is 2.62 bits per heavy atom. The molecule has 1 aromatic carbocycles. The maximum absolute atomic E-state index is 4.43. The molecule has 0 spiro atoms. The summed E-state index contributed by atoms with van der Waals surface area (Å²) in [7, 11) is 0. The van der Waals surface area contributed by atoms with E-state index in [-0.39, 0.29) is 4.71 Å². The van der Waals surface area contributed by atoms with E-state index in [4.69, 9.17) is 0 Å². The van der Waals surface area contributed by atoms with Crippen LogP contribution in [0, 0.1) is 0 Å². The molecule has 0 aromatic heterocycles. The lowest BCUT2D eigenvalue weighted by atomic mass is 10.3. The maximum Gasteiger partial charge on any atom is 0.146 e. The van der Waals surface area contributed by atoms with Crippen molar-refractivity contribution in [1.82, 2.24) is 0 Å². The second kappa shape index (κ2) is 3.64. The van der Waals surface area contributed by atoms with Gasteiger partial charge in [-0.15, -0.1) is 12.6 Å². The van der Waals surface area contributed by atoms with Gasteiger partial charge in [0.05, 0.1) is 0 Å². The molecule has 1 aliphatic rings. The van der Waals surface area contributed by atoms with Crippen molar-refractivity contribution in [2.24, 2.45) is 4.40 Å². The Kier molecular flexibility index (Phi) is 2.51. The highest BCUT2D eigenvalue weighted by Gasteiger charge is 2.23. The summed E-state index contributed by atoms with van der Waals surface area (Å²) in [4.78, 5) is 2.10. The van der Waals surface area contributed by atoms with E-state index in [0.29, 0.717) is 0 Å². The summed E-state index contributed by atoms with van der Waals surface area (Å²) in [6.45, 7) is 2.00. The molecule has 1 atom stereocenters. The second-order valence-electron chi connectivity index (χ2n) is 2.78. The van der Waals surface area contributed by atoms with Crippen LogP contribution in [0.15, 0.2) is 34.7 Å². The van der Waals surface area contributed by atoms with E-state index in [9.17, 15) is 0 Å². The van der Waals surface area contributed by atoms with Gasteiger partial charge >= 0.3 is 0 Å². The van der Waals surface area contributed by atoms with Crippen molar-refractivity contribution in [3.05, 3.63) is 30.3 Å². The van der Waals surface area contributed by atoms with Gasteiger partial charge in [0.15, 0.2) is 0 Å². The van der Waals surface area contributed by atoms with Crippen molar-refractivity contribution < 1.29 is 0 Å². The number of thiol groups is 1. The Morgan fingerprint density at radius 2 is 2.08 bits per heavy atom. The Morgan fingerprint density at radius 1 is 1.38 bits per heavy atom. The minimum absolute atomic E-state index is 0.113. The van der Waals surface area contributed by atoms with Gasteiger partial charge in [-0.25, -0.2) is 4.40 Å². The summed E-state index contributed by atoms with van der Waals surface area (Å²) in [5, 5.41) is 0. The van der Waals surface area contributed by atoms with Crippen LogP contribution in [0.1, 0.15) is 6.92 Å². The fourth-order valence-electron chi connectivity index (χ4n) is 1.28. The van der Waals surface area contributed by atoms with Crippen LogP contribution in [0.4, 0.5) is 5.69 Å². The molecule has 0 amide bonds. The first kappa shape index (κ1) is 8.97. The molecule has 1 aliphatic heterocycles. The van der Waals surface area contributed by atoms with Gasteiger partial charge in [-0.3, -0.25) is 0 Å². The van der Waals surface area contributed by atoms with E-state index >= 15 is 0 Å².